The van der Waals surface area contributed by atoms with Gasteiger partial charge in [-0.2, -0.15) is 0 Å². The summed E-state index contributed by atoms with van der Waals surface area (Å²) in [6.07, 6.45) is 1.25. The molecule has 0 aliphatic heterocycles. The molecule has 94 valence electrons. The van der Waals surface area contributed by atoms with E-state index in [1.807, 2.05) is 6.92 Å². The van der Waals surface area contributed by atoms with Crippen molar-refractivity contribution in [1.82, 2.24) is 5.32 Å². The zero-order valence-electron chi connectivity index (χ0n) is 10.9. The lowest BCUT2D eigenvalue weighted by atomic mass is 10.0. The Morgan fingerprint density at radius 2 is 1.88 bits per heavy atom. The molecule has 3 heteroatoms. The number of nitrogens with two attached hydrogens (primary N) is 1. The molecule has 0 aliphatic carbocycles. The molecule has 1 atom stereocenters. The normalized spacial score (nSPS) is 12.2. The number of amides is 1. The Morgan fingerprint density at radius 3 is 2.41 bits per heavy atom. The molecule has 0 heterocycles. The third-order valence-corrected chi connectivity index (χ3v) is 2.73. The lowest BCUT2D eigenvalue weighted by molar-refractivity contribution is -0.121. The largest absolute Gasteiger partial charge is 0.350 e. The van der Waals surface area contributed by atoms with Crippen LogP contribution in [0.15, 0.2) is 18.2 Å². The Hall–Kier alpha value is -1.35. The van der Waals surface area contributed by atoms with E-state index < -0.39 is 0 Å². The summed E-state index contributed by atoms with van der Waals surface area (Å²) in [5.41, 5.74) is 8.98. The number of carbonyl (C=O) groups is 1. The third kappa shape index (κ3) is 4.57. The Kier molecular flexibility index (Phi) is 5.16. The van der Waals surface area contributed by atoms with Gasteiger partial charge in [-0.15, -0.1) is 0 Å². The van der Waals surface area contributed by atoms with Gasteiger partial charge in [0.1, 0.15) is 0 Å². The first-order valence-corrected chi connectivity index (χ1v) is 6.10. The van der Waals surface area contributed by atoms with Gasteiger partial charge in [-0.3, -0.25) is 4.79 Å². The van der Waals surface area contributed by atoms with Gasteiger partial charge in [-0.05, 0) is 39.3 Å². The maximum absolute atomic E-state index is 11.6. The van der Waals surface area contributed by atoms with E-state index >= 15 is 0 Å². The number of hydrogen-bond acceptors (Lipinski definition) is 2. The van der Waals surface area contributed by atoms with E-state index in [4.69, 9.17) is 5.73 Å². The minimum atomic E-state index is 0.0545. The Morgan fingerprint density at radius 1 is 1.29 bits per heavy atom. The lowest BCUT2D eigenvalue weighted by Crippen LogP contribution is -2.27. The molecule has 0 saturated carbocycles. The molecule has 0 radical (unpaired) electrons. The van der Waals surface area contributed by atoms with Gasteiger partial charge < -0.3 is 11.1 Å². The molecule has 0 bridgehead atoms. The fourth-order valence-corrected chi connectivity index (χ4v) is 1.92. The number of carbonyl (C=O) groups excluding carboxylic acids is 1. The first kappa shape index (κ1) is 13.7. The van der Waals surface area contributed by atoms with E-state index in [-0.39, 0.29) is 11.9 Å². The van der Waals surface area contributed by atoms with Crippen LogP contribution in [-0.2, 0) is 4.79 Å². The van der Waals surface area contributed by atoms with Crippen molar-refractivity contribution >= 4 is 5.91 Å². The van der Waals surface area contributed by atoms with Crippen molar-refractivity contribution < 1.29 is 4.79 Å². The topological polar surface area (TPSA) is 55.1 Å². The predicted octanol–water partition coefficient (Wildman–Crippen LogP) is 2.22. The van der Waals surface area contributed by atoms with Crippen LogP contribution in [0, 0.1) is 13.8 Å². The Bertz CT molecular complexity index is 368. The Labute approximate surface area is 103 Å². The van der Waals surface area contributed by atoms with Crippen LogP contribution >= 0.6 is 0 Å². The molecule has 1 aromatic rings. The van der Waals surface area contributed by atoms with Crippen molar-refractivity contribution in [3.05, 3.63) is 34.9 Å². The molecule has 17 heavy (non-hydrogen) atoms. The van der Waals surface area contributed by atoms with Crippen molar-refractivity contribution in [1.29, 1.82) is 0 Å². The molecule has 0 aromatic heterocycles. The van der Waals surface area contributed by atoms with Crippen molar-refractivity contribution in [3.8, 4) is 0 Å². The molecule has 1 rings (SSSR count). The minimum absolute atomic E-state index is 0.0545. The average Bonchev–Trinajstić information content (AvgIpc) is 2.25. The molecule has 3 N–H and O–H groups in total. The van der Waals surface area contributed by atoms with Crippen LogP contribution in [0.3, 0.4) is 0 Å². The summed E-state index contributed by atoms with van der Waals surface area (Å²) in [5, 5.41) is 2.99. The molecule has 0 spiro atoms. The second-order valence-corrected chi connectivity index (χ2v) is 4.60. The summed E-state index contributed by atoms with van der Waals surface area (Å²) in [6, 6.07) is 6.41. The van der Waals surface area contributed by atoms with Gasteiger partial charge in [0.05, 0.1) is 6.04 Å². The second kappa shape index (κ2) is 6.40. The highest BCUT2D eigenvalue weighted by Crippen LogP contribution is 2.16. The van der Waals surface area contributed by atoms with E-state index in [0.29, 0.717) is 13.0 Å². The second-order valence-electron chi connectivity index (χ2n) is 4.60. The zero-order chi connectivity index (χ0) is 12.8. The van der Waals surface area contributed by atoms with Gasteiger partial charge >= 0.3 is 0 Å². The van der Waals surface area contributed by atoms with Crippen molar-refractivity contribution in [3.63, 3.8) is 0 Å². The monoisotopic (exact) mass is 234 g/mol. The molecule has 3 nitrogen and oxygen atoms in total. The predicted molar refractivity (Wildman–Crippen MR) is 70.8 cm³/mol. The average molecular weight is 234 g/mol. The number of hydrogen-bond donors (Lipinski definition) is 2. The quantitative estimate of drug-likeness (QED) is 0.820. The van der Waals surface area contributed by atoms with Crippen molar-refractivity contribution in [2.75, 3.05) is 6.54 Å². The molecule has 1 amide bonds. The first-order chi connectivity index (χ1) is 8.02. The van der Waals surface area contributed by atoms with E-state index in [2.05, 4.69) is 37.4 Å². The van der Waals surface area contributed by atoms with Crippen LogP contribution < -0.4 is 11.1 Å². The minimum Gasteiger partial charge on any atom is -0.350 e. The maximum Gasteiger partial charge on any atom is 0.220 e. The molecule has 0 fully saturated rings. The maximum atomic E-state index is 11.6. The van der Waals surface area contributed by atoms with Crippen LogP contribution in [0.2, 0.25) is 0 Å². The molecular formula is C14H22N2O. The SMILES string of the molecule is Cc1cc(C)cc(C(C)NC(=O)CCCN)c1. The number of rotatable bonds is 5. The van der Waals surface area contributed by atoms with E-state index in [1.54, 1.807) is 0 Å². The number of benzene rings is 1. The standard InChI is InChI=1S/C14H22N2O/c1-10-7-11(2)9-13(8-10)12(3)16-14(17)5-4-6-15/h7-9,12H,4-6,15H2,1-3H3,(H,16,17). The summed E-state index contributed by atoms with van der Waals surface area (Å²) >= 11 is 0. The molecule has 1 unspecified atom stereocenters. The first-order valence-electron chi connectivity index (χ1n) is 6.10. The van der Waals surface area contributed by atoms with Gasteiger partial charge in [0.25, 0.3) is 0 Å². The summed E-state index contributed by atoms with van der Waals surface area (Å²) in [5.74, 6) is 0.0714. The van der Waals surface area contributed by atoms with Gasteiger partial charge in [0, 0.05) is 6.42 Å². The summed E-state index contributed by atoms with van der Waals surface area (Å²) in [7, 11) is 0. The van der Waals surface area contributed by atoms with Gasteiger partial charge in [-0.25, -0.2) is 0 Å². The summed E-state index contributed by atoms with van der Waals surface area (Å²) < 4.78 is 0. The smallest absolute Gasteiger partial charge is 0.220 e. The highest BCUT2D eigenvalue weighted by atomic mass is 16.1. The van der Waals surface area contributed by atoms with Crippen LogP contribution in [0.4, 0.5) is 0 Å². The van der Waals surface area contributed by atoms with Crippen molar-refractivity contribution in [2.45, 2.75) is 39.7 Å². The van der Waals surface area contributed by atoms with Crippen LogP contribution in [0.25, 0.3) is 0 Å². The lowest BCUT2D eigenvalue weighted by Gasteiger charge is -2.15. The van der Waals surface area contributed by atoms with E-state index in [1.165, 1.54) is 11.1 Å². The highest BCUT2D eigenvalue weighted by molar-refractivity contribution is 5.76. The van der Waals surface area contributed by atoms with Gasteiger partial charge in [0.15, 0.2) is 0 Å². The number of aryl methyl sites for hydroxylation is 2. The van der Waals surface area contributed by atoms with Crippen LogP contribution in [0.5, 0.6) is 0 Å². The number of nitrogens with one attached hydrogen (secondary N) is 1. The molecule has 0 aliphatic rings. The summed E-state index contributed by atoms with van der Waals surface area (Å²) in [6.45, 7) is 6.71. The fraction of sp³-hybridized carbons (Fsp3) is 0.500. The molecule has 0 saturated heterocycles. The third-order valence-electron chi connectivity index (χ3n) is 2.73. The molecule has 1 aromatic carbocycles. The molecular weight excluding hydrogens is 212 g/mol. The van der Waals surface area contributed by atoms with Crippen LogP contribution in [-0.4, -0.2) is 12.5 Å². The van der Waals surface area contributed by atoms with E-state index in [0.717, 1.165) is 12.0 Å². The van der Waals surface area contributed by atoms with Crippen LogP contribution in [0.1, 0.15) is 42.5 Å². The van der Waals surface area contributed by atoms with Gasteiger partial charge in [0.2, 0.25) is 5.91 Å². The zero-order valence-corrected chi connectivity index (χ0v) is 10.9. The van der Waals surface area contributed by atoms with Gasteiger partial charge in [-0.1, -0.05) is 29.3 Å². The Balaban J connectivity index is 2.63. The van der Waals surface area contributed by atoms with E-state index in [9.17, 15) is 4.79 Å². The van der Waals surface area contributed by atoms with Crippen molar-refractivity contribution in [2.24, 2.45) is 5.73 Å². The highest BCUT2D eigenvalue weighted by Gasteiger charge is 2.09. The summed E-state index contributed by atoms with van der Waals surface area (Å²) in [4.78, 5) is 11.6. The fourth-order valence-electron chi connectivity index (χ4n) is 1.92.